The van der Waals surface area contributed by atoms with Crippen molar-refractivity contribution in [3.63, 3.8) is 0 Å². The van der Waals surface area contributed by atoms with Gasteiger partial charge in [0, 0.05) is 11.0 Å². The molecule has 80 valence electrons. The Morgan fingerprint density at radius 1 is 1.20 bits per heavy atom. The van der Waals surface area contributed by atoms with Gasteiger partial charge in [-0.3, -0.25) is 0 Å². The van der Waals surface area contributed by atoms with Crippen molar-refractivity contribution >= 4 is 0 Å². The molecule has 2 fully saturated rings. The first kappa shape index (κ1) is 9.22. The van der Waals surface area contributed by atoms with Crippen LogP contribution in [0.1, 0.15) is 36.8 Å². The van der Waals surface area contributed by atoms with Crippen LogP contribution in [0.3, 0.4) is 0 Å². The zero-order chi connectivity index (χ0) is 10.7. The van der Waals surface area contributed by atoms with Crippen molar-refractivity contribution in [3.8, 4) is 5.75 Å². The van der Waals surface area contributed by atoms with Crippen molar-refractivity contribution in [2.75, 3.05) is 0 Å². The Balaban J connectivity index is 2.03. The Hall–Kier alpha value is -1.02. The lowest BCUT2D eigenvalue weighted by molar-refractivity contribution is 0.462. The highest BCUT2D eigenvalue weighted by Gasteiger charge is 2.64. The number of aromatic hydroxyl groups is 1. The van der Waals surface area contributed by atoms with E-state index >= 15 is 0 Å². The summed E-state index contributed by atoms with van der Waals surface area (Å²) in [6.45, 7) is 1.92. The van der Waals surface area contributed by atoms with E-state index in [2.05, 4.69) is 6.07 Å². The number of nitrogens with two attached hydrogens (primary N) is 1. The maximum absolute atomic E-state index is 9.74. The molecule has 3 N–H and O–H groups in total. The third-order valence-electron chi connectivity index (χ3n) is 4.25. The average molecular weight is 203 g/mol. The molecule has 0 radical (unpaired) electrons. The SMILES string of the molecule is Cc1ccc(C2(C3(N)CC3)CC2)cc1O. The molecule has 2 nitrogen and oxygen atoms in total. The van der Waals surface area contributed by atoms with Gasteiger partial charge in [0.2, 0.25) is 0 Å². The summed E-state index contributed by atoms with van der Waals surface area (Å²) in [7, 11) is 0. The second kappa shape index (κ2) is 2.56. The third kappa shape index (κ3) is 1.14. The first-order valence-electron chi connectivity index (χ1n) is 5.66. The number of phenolic OH excluding ortho intramolecular Hbond substituents is 1. The maximum Gasteiger partial charge on any atom is 0.118 e. The van der Waals surface area contributed by atoms with Crippen LogP contribution in [-0.4, -0.2) is 10.6 Å². The van der Waals surface area contributed by atoms with Crippen LogP contribution >= 0.6 is 0 Å². The predicted octanol–water partition coefficient (Wildman–Crippen LogP) is 2.22. The minimum atomic E-state index is 0.0364. The smallest absolute Gasteiger partial charge is 0.118 e. The molecule has 1 aromatic rings. The van der Waals surface area contributed by atoms with Crippen molar-refractivity contribution in [2.24, 2.45) is 5.73 Å². The highest BCUT2D eigenvalue weighted by molar-refractivity contribution is 5.46. The minimum absolute atomic E-state index is 0.0364. The zero-order valence-electron chi connectivity index (χ0n) is 9.09. The molecule has 2 saturated carbocycles. The van der Waals surface area contributed by atoms with E-state index in [1.807, 2.05) is 19.1 Å². The lowest BCUT2D eigenvalue weighted by Crippen LogP contribution is -2.37. The third-order valence-corrected chi connectivity index (χ3v) is 4.25. The molecule has 0 aromatic heterocycles. The summed E-state index contributed by atoms with van der Waals surface area (Å²) in [5.74, 6) is 0.406. The van der Waals surface area contributed by atoms with Gasteiger partial charge in [0.1, 0.15) is 5.75 Å². The van der Waals surface area contributed by atoms with Crippen LogP contribution in [0.2, 0.25) is 0 Å². The quantitative estimate of drug-likeness (QED) is 0.774. The van der Waals surface area contributed by atoms with Crippen LogP contribution in [0.5, 0.6) is 5.75 Å². The summed E-state index contributed by atoms with van der Waals surface area (Å²) < 4.78 is 0. The minimum Gasteiger partial charge on any atom is -0.508 e. The molecular formula is C13H17NO. The predicted molar refractivity (Wildman–Crippen MR) is 59.9 cm³/mol. The van der Waals surface area contributed by atoms with E-state index in [-0.39, 0.29) is 11.0 Å². The molecule has 0 spiro atoms. The Morgan fingerprint density at radius 2 is 1.87 bits per heavy atom. The molecule has 2 heteroatoms. The molecule has 2 aliphatic carbocycles. The van der Waals surface area contributed by atoms with Crippen molar-refractivity contribution in [3.05, 3.63) is 29.3 Å². The van der Waals surface area contributed by atoms with Crippen LogP contribution in [0, 0.1) is 6.92 Å². The number of rotatable bonds is 2. The molecule has 15 heavy (non-hydrogen) atoms. The van der Waals surface area contributed by atoms with Crippen LogP contribution in [0.25, 0.3) is 0 Å². The number of phenols is 1. The van der Waals surface area contributed by atoms with E-state index in [4.69, 9.17) is 5.73 Å². The molecule has 3 rings (SSSR count). The molecule has 0 aliphatic heterocycles. The van der Waals surface area contributed by atoms with Crippen molar-refractivity contribution in [1.82, 2.24) is 0 Å². The number of hydrogen-bond donors (Lipinski definition) is 2. The second-order valence-electron chi connectivity index (χ2n) is 5.24. The van der Waals surface area contributed by atoms with Gasteiger partial charge in [0.25, 0.3) is 0 Å². The normalized spacial score (nSPS) is 24.9. The fraction of sp³-hybridized carbons (Fsp3) is 0.538. The molecule has 0 amide bonds. The average Bonchev–Trinajstić information content (AvgIpc) is 3.05. The molecule has 0 heterocycles. The lowest BCUT2D eigenvalue weighted by Gasteiger charge is -2.23. The van der Waals surface area contributed by atoms with Crippen molar-refractivity contribution in [2.45, 2.75) is 43.6 Å². The van der Waals surface area contributed by atoms with Gasteiger partial charge in [-0.05, 0) is 49.8 Å². The van der Waals surface area contributed by atoms with Crippen molar-refractivity contribution < 1.29 is 5.11 Å². The number of aryl methyl sites for hydroxylation is 1. The summed E-state index contributed by atoms with van der Waals surface area (Å²) in [5.41, 5.74) is 8.74. The summed E-state index contributed by atoms with van der Waals surface area (Å²) in [6, 6.07) is 6.04. The van der Waals surface area contributed by atoms with Crippen LogP contribution in [-0.2, 0) is 5.41 Å². The fourth-order valence-corrected chi connectivity index (χ4v) is 2.72. The van der Waals surface area contributed by atoms with Gasteiger partial charge in [-0.2, -0.15) is 0 Å². The van der Waals surface area contributed by atoms with Crippen LogP contribution < -0.4 is 5.73 Å². The van der Waals surface area contributed by atoms with Gasteiger partial charge in [0.15, 0.2) is 0 Å². The first-order valence-corrected chi connectivity index (χ1v) is 5.66. The van der Waals surface area contributed by atoms with Crippen molar-refractivity contribution in [1.29, 1.82) is 0 Å². The molecule has 1 aromatic carbocycles. The maximum atomic E-state index is 9.74. The highest BCUT2D eigenvalue weighted by atomic mass is 16.3. The Labute approximate surface area is 90.1 Å². The van der Waals surface area contributed by atoms with E-state index in [9.17, 15) is 5.11 Å². The van der Waals surface area contributed by atoms with Gasteiger partial charge in [-0.25, -0.2) is 0 Å². The molecular weight excluding hydrogens is 186 g/mol. The molecule has 0 unspecified atom stereocenters. The van der Waals surface area contributed by atoms with E-state index in [1.54, 1.807) is 0 Å². The van der Waals surface area contributed by atoms with Gasteiger partial charge in [-0.1, -0.05) is 12.1 Å². The zero-order valence-corrected chi connectivity index (χ0v) is 9.09. The topological polar surface area (TPSA) is 46.2 Å². The summed E-state index contributed by atoms with van der Waals surface area (Å²) in [4.78, 5) is 0. The Kier molecular flexibility index (Phi) is 1.57. The summed E-state index contributed by atoms with van der Waals surface area (Å²) >= 11 is 0. The highest BCUT2D eigenvalue weighted by Crippen LogP contribution is 2.63. The molecule has 0 atom stereocenters. The largest absolute Gasteiger partial charge is 0.508 e. The molecule has 0 bridgehead atoms. The summed E-state index contributed by atoms with van der Waals surface area (Å²) in [6.07, 6.45) is 4.65. The summed E-state index contributed by atoms with van der Waals surface area (Å²) in [5, 5.41) is 9.74. The fourth-order valence-electron chi connectivity index (χ4n) is 2.72. The van der Waals surface area contributed by atoms with E-state index < -0.39 is 0 Å². The Morgan fingerprint density at radius 3 is 2.33 bits per heavy atom. The standard InChI is InChI=1S/C13H17NO/c1-9-2-3-10(8-11(9)15)12(4-5-12)13(14)6-7-13/h2-3,8,15H,4-7,14H2,1H3. The monoisotopic (exact) mass is 203 g/mol. The van der Waals surface area contributed by atoms with Crippen LogP contribution in [0.15, 0.2) is 18.2 Å². The molecule has 0 saturated heterocycles. The first-order chi connectivity index (χ1) is 7.07. The van der Waals surface area contributed by atoms with Gasteiger partial charge < -0.3 is 10.8 Å². The molecule has 2 aliphatic rings. The van der Waals surface area contributed by atoms with E-state index in [1.165, 1.54) is 18.4 Å². The number of hydrogen-bond acceptors (Lipinski definition) is 2. The lowest BCUT2D eigenvalue weighted by atomic mass is 9.86. The van der Waals surface area contributed by atoms with Gasteiger partial charge >= 0.3 is 0 Å². The van der Waals surface area contributed by atoms with E-state index in [0.29, 0.717) is 5.75 Å². The van der Waals surface area contributed by atoms with Crippen LogP contribution in [0.4, 0.5) is 0 Å². The number of benzene rings is 1. The Bertz CT molecular complexity index is 417. The van der Waals surface area contributed by atoms with E-state index in [0.717, 1.165) is 18.4 Å². The van der Waals surface area contributed by atoms with Gasteiger partial charge in [-0.15, -0.1) is 0 Å². The van der Waals surface area contributed by atoms with Gasteiger partial charge in [0.05, 0.1) is 0 Å². The second-order valence-corrected chi connectivity index (χ2v) is 5.24.